The maximum absolute atomic E-state index is 11.2. The van der Waals surface area contributed by atoms with Gasteiger partial charge in [0.25, 0.3) is 0 Å². The van der Waals surface area contributed by atoms with E-state index in [0.29, 0.717) is 6.42 Å². The van der Waals surface area contributed by atoms with Gasteiger partial charge in [0.05, 0.1) is 0 Å². The SMILES string of the molecule is O=C([O-])C(Cc1ccc(O)cc1)c1ccccc1. The number of hydrogen-bond acceptors (Lipinski definition) is 3. The van der Waals surface area contributed by atoms with Gasteiger partial charge < -0.3 is 15.0 Å². The fraction of sp³-hybridized carbons (Fsp3) is 0.133. The summed E-state index contributed by atoms with van der Waals surface area (Å²) < 4.78 is 0. The zero-order valence-corrected chi connectivity index (χ0v) is 9.74. The lowest BCUT2D eigenvalue weighted by Gasteiger charge is -2.18. The van der Waals surface area contributed by atoms with Crippen molar-refractivity contribution in [2.24, 2.45) is 0 Å². The Morgan fingerprint density at radius 1 is 1.06 bits per heavy atom. The highest BCUT2D eigenvalue weighted by molar-refractivity contribution is 5.74. The summed E-state index contributed by atoms with van der Waals surface area (Å²) in [5, 5.41) is 20.4. The molecule has 0 heterocycles. The molecule has 3 nitrogen and oxygen atoms in total. The first-order valence-corrected chi connectivity index (χ1v) is 5.70. The number of rotatable bonds is 4. The number of benzene rings is 2. The van der Waals surface area contributed by atoms with Crippen molar-refractivity contribution in [1.29, 1.82) is 0 Å². The smallest absolute Gasteiger partial charge is 0.115 e. The molecule has 0 radical (unpaired) electrons. The molecule has 0 fully saturated rings. The van der Waals surface area contributed by atoms with E-state index in [9.17, 15) is 15.0 Å². The maximum atomic E-state index is 11.2. The molecule has 0 aliphatic rings. The third-order valence-electron chi connectivity index (χ3n) is 2.86. The van der Waals surface area contributed by atoms with Crippen LogP contribution in [0.4, 0.5) is 0 Å². The number of carboxylic acid groups (broad SMARTS) is 1. The molecule has 0 aliphatic heterocycles. The normalized spacial score (nSPS) is 12.0. The average molecular weight is 241 g/mol. The van der Waals surface area contributed by atoms with Crippen molar-refractivity contribution >= 4 is 5.97 Å². The predicted octanol–water partition coefficient (Wildman–Crippen LogP) is 1.47. The Labute approximate surface area is 105 Å². The fourth-order valence-electron chi connectivity index (χ4n) is 1.89. The number of carbonyl (C=O) groups excluding carboxylic acids is 1. The van der Waals surface area contributed by atoms with Crippen LogP contribution in [0, 0.1) is 0 Å². The van der Waals surface area contributed by atoms with E-state index in [4.69, 9.17) is 0 Å². The van der Waals surface area contributed by atoms with Gasteiger partial charge in [-0.05, 0) is 29.7 Å². The highest BCUT2D eigenvalue weighted by Gasteiger charge is 2.13. The number of carbonyl (C=O) groups is 1. The van der Waals surface area contributed by atoms with Gasteiger partial charge in [-0.1, -0.05) is 42.5 Å². The lowest BCUT2D eigenvalue weighted by molar-refractivity contribution is -0.308. The topological polar surface area (TPSA) is 60.4 Å². The second-order valence-electron chi connectivity index (χ2n) is 4.15. The molecule has 0 saturated heterocycles. The first-order valence-electron chi connectivity index (χ1n) is 5.70. The van der Waals surface area contributed by atoms with Crippen molar-refractivity contribution in [3.05, 3.63) is 65.7 Å². The largest absolute Gasteiger partial charge is 0.549 e. The van der Waals surface area contributed by atoms with Crippen molar-refractivity contribution < 1.29 is 15.0 Å². The van der Waals surface area contributed by atoms with E-state index in [0.717, 1.165) is 11.1 Å². The van der Waals surface area contributed by atoms with E-state index in [1.165, 1.54) is 0 Å². The van der Waals surface area contributed by atoms with Crippen molar-refractivity contribution in [3.8, 4) is 5.75 Å². The maximum Gasteiger partial charge on any atom is 0.115 e. The van der Waals surface area contributed by atoms with Crippen molar-refractivity contribution in [2.45, 2.75) is 12.3 Å². The van der Waals surface area contributed by atoms with Crippen molar-refractivity contribution in [3.63, 3.8) is 0 Å². The van der Waals surface area contributed by atoms with Gasteiger partial charge in [-0.2, -0.15) is 0 Å². The molecule has 0 aromatic heterocycles. The first-order chi connectivity index (χ1) is 8.66. The van der Waals surface area contributed by atoms with Crippen LogP contribution in [0.15, 0.2) is 54.6 Å². The van der Waals surface area contributed by atoms with E-state index >= 15 is 0 Å². The summed E-state index contributed by atoms with van der Waals surface area (Å²) in [5.74, 6) is -1.59. The summed E-state index contributed by atoms with van der Waals surface area (Å²) in [7, 11) is 0. The van der Waals surface area contributed by atoms with Crippen LogP contribution in [0.25, 0.3) is 0 Å². The Bertz CT molecular complexity index is 517. The molecule has 2 aromatic carbocycles. The zero-order chi connectivity index (χ0) is 13.0. The molecule has 0 bridgehead atoms. The summed E-state index contributed by atoms with van der Waals surface area (Å²) >= 11 is 0. The molecule has 0 saturated carbocycles. The molecule has 1 unspecified atom stereocenters. The molecule has 18 heavy (non-hydrogen) atoms. The van der Waals surface area contributed by atoms with Gasteiger partial charge in [-0.15, -0.1) is 0 Å². The summed E-state index contributed by atoms with van der Waals surface area (Å²) in [6.45, 7) is 0. The lowest BCUT2D eigenvalue weighted by atomic mass is 9.92. The summed E-state index contributed by atoms with van der Waals surface area (Å²) in [6, 6.07) is 15.5. The number of hydrogen-bond donors (Lipinski definition) is 1. The molecule has 2 rings (SSSR count). The first kappa shape index (κ1) is 12.2. The van der Waals surface area contributed by atoms with Gasteiger partial charge in [0, 0.05) is 11.9 Å². The van der Waals surface area contributed by atoms with Crippen LogP contribution in [0.5, 0.6) is 5.75 Å². The second kappa shape index (κ2) is 5.36. The molecule has 1 atom stereocenters. The molecule has 1 N–H and O–H groups in total. The van der Waals surface area contributed by atoms with Crippen LogP contribution in [0.1, 0.15) is 17.0 Å². The van der Waals surface area contributed by atoms with Crippen LogP contribution >= 0.6 is 0 Å². The molecule has 3 heteroatoms. The van der Waals surface area contributed by atoms with E-state index in [2.05, 4.69) is 0 Å². The minimum Gasteiger partial charge on any atom is -0.549 e. The standard InChI is InChI=1S/C15H14O3/c16-13-8-6-11(7-9-13)10-14(15(17)18)12-4-2-1-3-5-12/h1-9,14,16H,10H2,(H,17,18)/p-1. The van der Waals surface area contributed by atoms with Gasteiger partial charge in [0.2, 0.25) is 0 Å². The van der Waals surface area contributed by atoms with Crippen LogP contribution in [0.2, 0.25) is 0 Å². The molecule has 2 aromatic rings. The van der Waals surface area contributed by atoms with Gasteiger partial charge in [-0.25, -0.2) is 0 Å². The Hall–Kier alpha value is -2.29. The van der Waals surface area contributed by atoms with Crippen LogP contribution in [-0.4, -0.2) is 11.1 Å². The zero-order valence-electron chi connectivity index (χ0n) is 9.74. The number of carboxylic acids is 1. The summed E-state index contributed by atoms with van der Waals surface area (Å²) in [5.41, 5.74) is 1.58. The van der Waals surface area contributed by atoms with E-state index in [1.807, 2.05) is 18.2 Å². The molecular weight excluding hydrogens is 228 g/mol. The van der Waals surface area contributed by atoms with Crippen molar-refractivity contribution in [2.75, 3.05) is 0 Å². The Morgan fingerprint density at radius 3 is 2.22 bits per heavy atom. The highest BCUT2D eigenvalue weighted by Crippen LogP contribution is 2.21. The predicted molar refractivity (Wildman–Crippen MR) is 66.0 cm³/mol. The Morgan fingerprint density at radius 2 is 1.67 bits per heavy atom. The van der Waals surface area contributed by atoms with E-state index < -0.39 is 11.9 Å². The minimum absolute atomic E-state index is 0.170. The number of aromatic hydroxyl groups is 1. The number of aliphatic carboxylic acids is 1. The molecule has 0 aliphatic carbocycles. The monoisotopic (exact) mass is 241 g/mol. The third kappa shape index (κ3) is 2.88. The quantitative estimate of drug-likeness (QED) is 0.881. The van der Waals surface area contributed by atoms with Crippen LogP contribution in [0.3, 0.4) is 0 Å². The summed E-state index contributed by atoms with van der Waals surface area (Å²) in [4.78, 5) is 11.2. The molecular formula is C15H13O3-. The molecule has 92 valence electrons. The third-order valence-corrected chi connectivity index (χ3v) is 2.86. The summed E-state index contributed by atoms with van der Waals surface area (Å²) in [6.07, 6.45) is 0.354. The van der Waals surface area contributed by atoms with E-state index in [-0.39, 0.29) is 5.75 Å². The van der Waals surface area contributed by atoms with E-state index in [1.54, 1.807) is 36.4 Å². The number of phenols is 1. The lowest BCUT2D eigenvalue weighted by Crippen LogP contribution is -2.31. The molecule has 0 amide bonds. The van der Waals surface area contributed by atoms with Crippen molar-refractivity contribution in [1.82, 2.24) is 0 Å². The van der Waals surface area contributed by atoms with Crippen LogP contribution < -0.4 is 5.11 Å². The Kier molecular flexibility index (Phi) is 3.63. The Balaban J connectivity index is 2.22. The van der Waals surface area contributed by atoms with Gasteiger partial charge in [0.1, 0.15) is 5.75 Å². The van der Waals surface area contributed by atoms with Gasteiger partial charge in [0.15, 0.2) is 0 Å². The fourth-order valence-corrected chi connectivity index (χ4v) is 1.89. The van der Waals surface area contributed by atoms with Gasteiger partial charge >= 0.3 is 0 Å². The second-order valence-corrected chi connectivity index (χ2v) is 4.15. The number of phenolic OH excluding ortho intramolecular Hbond substituents is 1. The minimum atomic E-state index is -1.09. The van der Waals surface area contributed by atoms with Crippen LogP contribution in [-0.2, 0) is 11.2 Å². The average Bonchev–Trinajstić information content (AvgIpc) is 2.38. The van der Waals surface area contributed by atoms with Gasteiger partial charge in [-0.3, -0.25) is 0 Å². The highest BCUT2D eigenvalue weighted by atomic mass is 16.4. The molecule has 0 spiro atoms.